The Hall–Kier alpha value is -1.24. The largest absolute Gasteiger partial charge is 0.324 e. The van der Waals surface area contributed by atoms with Crippen molar-refractivity contribution in [1.29, 1.82) is 0 Å². The summed E-state index contributed by atoms with van der Waals surface area (Å²) in [6, 6.07) is 9.88. The molecule has 0 saturated carbocycles. The first-order valence-electron chi connectivity index (χ1n) is 8.88. The highest BCUT2D eigenvalue weighted by Crippen LogP contribution is 2.32. The van der Waals surface area contributed by atoms with Gasteiger partial charge in [-0.15, -0.1) is 0 Å². The van der Waals surface area contributed by atoms with E-state index in [9.17, 15) is 9.36 Å². The van der Waals surface area contributed by atoms with Crippen LogP contribution in [0.15, 0.2) is 30.3 Å². The molecular formula is C17H28N5O2P. The van der Waals surface area contributed by atoms with Crippen LogP contribution in [0.5, 0.6) is 0 Å². The van der Waals surface area contributed by atoms with Crippen LogP contribution in [0.25, 0.3) is 0 Å². The van der Waals surface area contributed by atoms with Crippen molar-refractivity contribution in [3.8, 4) is 0 Å². The Labute approximate surface area is 149 Å². The Balaban J connectivity index is 1.52. The second-order valence-electron chi connectivity index (χ2n) is 7.12. The molecule has 4 N–H and O–H groups in total. The lowest BCUT2D eigenvalue weighted by molar-refractivity contribution is -0.131. The molecule has 2 saturated heterocycles. The Kier molecular flexibility index (Phi) is 5.61. The lowest BCUT2D eigenvalue weighted by Gasteiger charge is -2.31. The van der Waals surface area contributed by atoms with Gasteiger partial charge in [0.15, 0.2) is 0 Å². The maximum atomic E-state index is 12.8. The lowest BCUT2D eigenvalue weighted by atomic mass is 10.1. The van der Waals surface area contributed by atoms with E-state index in [4.69, 9.17) is 0 Å². The molecule has 3 rings (SSSR count). The van der Waals surface area contributed by atoms with Gasteiger partial charge in [0, 0.05) is 26.2 Å². The molecule has 2 heterocycles. The number of carbonyl (C=O) groups excluding carboxylic acids is 1. The van der Waals surface area contributed by atoms with E-state index in [-0.39, 0.29) is 17.6 Å². The van der Waals surface area contributed by atoms with Crippen LogP contribution < -0.4 is 20.6 Å². The van der Waals surface area contributed by atoms with Gasteiger partial charge in [0.1, 0.15) is 0 Å². The number of hydrogen-bond acceptors (Lipinski definition) is 3. The Morgan fingerprint density at radius 3 is 2.60 bits per heavy atom. The monoisotopic (exact) mass is 365 g/mol. The molecule has 0 unspecified atom stereocenters. The first-order chi connectivity index (χ1) is 11.9. The van der Waals surface area contributed by atoms with Gasteiger partial charge in [-0.25, -0.2) is 15.3 Å². The predicted molar refractivity (Wildman–Crippen MR) is 99.1 cm³/mol. The zero-order valence-corrected chi connectivity index (χ0v) is 15.8. The maximum Gasteiger partial charge on any atom is 0.279 e. The van der Waals surface area contributed by atoms with Crippen molar-refractivity contribution >= 4 is 13.5 Å². The third-order valence-electron chi connectivity index (χ3n) is 4.74. The molecule has 1 aromatic rings. The second-order valence-corrected chi connectivity index (χ2v) is 9.29. The molecule has 2 fully saturated rings. The van der Waals surface area contributed by atoms with Crippen LogP contribution in [0.3, 0.4) is 0 Å². The summed E-state index contributed by atoms with van der Waals surface area (Å²) < 4.78 is 12.2. The molecule has 1 atom stereocenters. The van der Waals surface area contributed by atoms with Gasteiger partial charge in [-0.1, -0.05) is 30.3 Å². The smallest absolute Gasteiger partial charge is 0.279 e. The van der Waals surface area contributed by atoms with E-state index in [1.165, 1.54) is 0 Å². The zero-order valence-electron chi connectivity index (χ0n) is 14.9. The highest BCUT2D eigenvalue weighted by Gasteiger charge is 2.43. The molecule has 0 spiro atoms. The third-order valence-corrected chi connectivity index (χ3v) is 6.74. The highest BCUT2D eigenvalue weighted by molar-refractivity contribution is 7.58. The van der Waals surface area contributed by atoms with E-state index in [0.717, 1.165) is 12.0 Å². The molecule has 8 heteroatoms. The van der Waals surface area contributed by atoms with Gasteiger partial charge in [0.25, 0.3) is 7.59 Å². The van der Waals surface area contributed by atoms with Crippen molar-refractivity contribution in [3.05, 3.63) is 35.9 Å². The standard InChI is InChI=1S/C17H28N5O2P/c1-17(2)21-15(13-14-7-4-3-5-8-14)16(23)22(17)12-6-9-18-25(24)19-10-11-20-25/h3-5,7-8,15,21H,6,9-13H2,1-2H3,(H3,18,19,20,24)/t15-/m0/s1. The Bertz CT molecular complexity index is 642. The number of carbonyl (C=O) groups is 1. The van der Waals surface area contributed by atoms with Gasteiger partial charge < -0.3 is 4.90 Å². The fourth-order valence-electron chi connectivity index (χ4n) is 3.48. The number of nitrogens with zero attached hydrogens (tertiary/aromatic N) is 1. The van der Waals surface area contributed by atoms with Crippen molar-refractivity contribution in [3.63, 3.8) is 0 Å². The first kappa shape index (κ1) is 18.5. The fraction of sp³-hybridized carbons (Fsp3) is 0.588. The molecule has 7 nitrogen and oxygen atoms in total. The molecule has 1 aromatic carbocycles. The average Bonchev–Trinajstić information content (AvgIpc) is 3.09. The maximum absolute atomic E-state index is 12.8. The SMILES string of the molecule is CC1(C)N[C@@H](Cc2ccccc2)C(=O)N1CCCNP1(=O)NCCN1. The van der Waals surface area contributed by atoms with E-state index >= 15 is 0 Å². The summed E-state index contributed by atoms with van der Waals surface area (Å²) in [5, 5.41) is 12.4. The van der Waals surface area contributed by atoms with Crippen LogP contribution in [0.1, 0.15) is 25.8 Å². The molecule has 1 amide bonds. The predicted octanol–water partition coefficient (Wildman–Crippen LogP) is 1.05. The van der Waals surface area contributed by atoms with Gasteiger partial charge in [-0.05, 0) is 32.3 Å². The van der Waals surface area contributed by atoms with Crippen molar-refractivity contribution in [2.75, 3.05) is 26.2 Å². The average molecular weight is 365 g/mol. The number of benzene rings is 1. The molecule has 138 valence electrons. The molecule has 0 bridgehead atoms. The second kappa shape index (κ2) is 7.56. The molecule has 2 aliphatic heterocycles. The number of amides is 1. The summed E-state index contributed by atoms with van der Waals surface area (Å²) in [5.41, 5.74) is 0.786. The molecule has 0 aromatic heterocycles. The number of hydrogen-bond donors (Lipinski definition) is 4. The topological polar surface area (TPSA) is 85.5 Å². The summed E-state index contributed by atoms with van der Waals surface area (Å²) in [6.07, 6.45) is 1.45. The van der Waals surface area contributed by atoms with E-state index in [1.54, 1.807) is 0 Å². The number of rotatable bonds is 7. The highest BCUT2D eigenvalue weighted by atomic mass is 31.2. The van der Waals surface area contributed by atoms with E-state index in [0.29, 0.717) is 32.6 Å². The van der Waals surface area contributed by atoms with Crippen molar-refractivity contribution < 1.29 is 9.36 Å². The zero-order chi connectivity index (χ0) is 17.9. The van der Waals surface area contributed by atoms with Crippen LogP contribution >= 0.6 is 7.59 Å². The van der Waals surface area contributed by atoms with Crippen LogP contribution in [0.2, 0.25) is 0 Å². The fourth-order valence-corrected chi connectivity index (χ4v) is 5.14. The van der Waals surface area contributed by atoms with Gasteiger partial charge in [-0.2, -0.15) is 0 Å². The minimum atomic E-state index is -2.61. The van der Waals surface area contributed by atoms with Crippen molar-refractivity contribution in [2.24, 2.45) is 0 Å². The third kappa shape index (κ3) is 4.49. The first-order valence-corrected chi connectivity index (χ1v) is 10.6. The van der Waals surface area contributed by atoms with Gasteiger partial charge in [0.05, 0.1) is 11.7 Å². The summed E-state index contributed by atoms with van der Waals surface area (Å²) in [6.45, 7) is 6.73. The minimum Gasteiger partial charge on any atom is -0.324 e. The summed E-state index contributed by atoms with van der Waals surface area (Å²) in [5.74, 6) is 0.137. The normalized spacial score (nSPS) is 24.8. The van der Waals surface area contributed by atoms with Crippen LogP contribution in [-0.4, -0.2) is 48.7 Å². The molecule has 25 heavy (non-hydrogen) atoms. The van der Waals surface area contributed by atoms with Gasteiger partial charge in [0.2, 0.25) is 5.91 Å². The summed E-state index contributed by atoms with van der Waals surface area (Å²) in [4.78, 5) is 14.7. The Morgan fingerprint density at radius 2 is 1.92 bits per heavy atom. The van der Waals surface area contributed by atoms with Gasteiger partial charge in [-0.3, -0.25) is 14.7 Å². The molecule has 0 aliphatic carbocycles. The molecule has 2 aliphatic rings. The van der Waals surface area contributed by atoms with Crippen LogP contribution in [0, 0.1) is 0 Å². The molecule has 0 radical (unpaired) electrons. The molecular weight excluding hydrogens is 337 g/mol. The van der Waals surface area contributed by atoms with Gasteiger partial charge >= 0.3 is 0 Å². The van der Waals surface area contributed by atoms with Crippen molar-refractivity contribution in [2.45, 2.75) is 38.4 Å². The van der Waals surface area contributed by atoms with E-state index < -0.39 is 7.59 Å². The summed E-state index contributed by atoms with van der Waals surface area (Å²) in [7, 11) is -2.61. The quantitative estimate of drug-likeness (QED) is 0.427. The number of nitrogens with one attached hydrogen (secondary N) is 4. The lowest BCUT2D eigenvalue weighted by Crippen LogP contribution is -2.48. The van der Waals surface area contributed by atoms with E-state index in [1.807, 2.05) is 49.1 Å². The summed E-state index contributed by atoms with van der Waals surface area (Å²) >= 11 is 0. The van der Waals surface area contributed by atoms with Crippen LogP contribution in [-0.2, 0) is 15.8 Å². The minimum absolute atomic E-state index is 0.137. The van der Waals surface area contributed by atoms with Crippen LogP contribution in [0.4, 0.5) is 0 Å². The Morgan fingerprint density at radius 1 is 1.24 bits per heavy atom. The van der Waals surface area contributed by atoms with Crippen molar-refractivity contribution in [1.82, 2.24) is 25.5 Å². The van der Waals surface area contributed by atoms with E-state index in [2.05, 4.69) is 20.6 Å².